The quantitative estimate of drug-likeness (QED) is 0.635. The van der Waals surface area contributed by atoms with Gasteiger partial charge in [0.05, 0.1) is 24.6 Å². The number of aliphatic hydroxyl groups excluding tert-OH is 1. The third-order valence-electron chi connectivity index (χ3n) is 4.38. The summed E-state index contributed by atoms with van der Waals surface area (Å²) in [4.78, 5) is 27.4. The normalized spacial score (nSPS) is 13.2. The summed E-state index contributed by atoms with van der Waals surface area (Å²) in [6, 6.07) is 15.6. The summed E-state index contributed by atoms with van der Waals surface area (Å²) in [5.41, 5.74) is 0.960. The second-order valence-electron chi connectivity index (χ2n) is 6.05. The Bertz CT molecular complexity index is 916. The maximum atomic E-state index is 12.5. The van der Waals surface area contributed by atoms with Gasteiger partial charge in [-0.3, -0.25) is 9.59 Å². The van der Waals surface area contributed by atoms with Crippen molar-refractivity contribution in [2.75, 3.05) is 6.61 Å². The fourth-order valence-corrected chi connectivity index (χ4v) is 2.79. The number of aliphatic hydroxyl groups is 1. The molecule has 0 aliphatic carbocycles. The minimum Gasteiger partial charge on any atom is -0.463 e. The molecule has 2 unspecified atom stereocenters. The van der Waals surface area contributed by atoms with Crippen molar-refractivity contribution in [2.24, 2.45) is 0 Å². The van der Waals surface area contributed by atoms with E-state index in [1.807, 2.05) is 37.3 Å². The fourth-order valence-electron chi connectivity index (χ4n) is 2.79. The number of aromatic amines is 1. The number of nitrogens with one attached hydrogen (secondary N) is 2. The Morgan fingerprint density at radius 2 is 1.92 bits per heavy atom. The molecule has 0 saturated heterocycles. The van der Waals surface area contributed by atoms with Crippen LogP contribution in [0.2, 0.25) is 0 Å². The molecule has 3 rings (SSSR count). The minimum absolute atomic E-state index is 0.0148. The Balaban J connectivity index is 1.77. The molecule has 2 atom stereocenters. The number of hydrogen-bond donors (Lipinski definition) is 3. The maximum absolute atomic E-state index is 12.5. The van der Waals surface area contributed by atoms with E-state index in [0.717, 1.165) is 5.56 Å². The molecule has 1 aromatic carbocycles. The number of rotatable bonds is 6. The van der Waals surface area contributed by atoms with Crippen molar-refractivity contribution in [2.45, 2.75) is 18.9 Å². The van der Waals surface area contributed by atoms with Crippen molar-refractivity contribution in [1.29, 1.82) is 0 Å². The second-order valence-corrected chi connectivity index (χ2v) is 6.05. The van der Waals surface area contributed by atoms with Gasteiger partial charge >= 0.3 is 0 Å². The molecule has 0 fully saturated rings. The smallest absolute Gasteiger partial charge is 0.261 e. The third kappa shape index (κ3) is 3.75. The van der Waals surface area contributed by atoms with E-state index in [-0.39, 0.29) is 18.1 Å². The highest BCUT2D eigenvalue weighted by atomic mass is 16.3. The van der Waals surface area contributed by atoms with Crippen molar-refractivity contribution in [3.8, 4) is 11.5 Å². The number of furan rings is 1. The Kier molecular flexibility index (Phi) is 5.34. The van der Waals surface area contributed by atoms with E-state index in [2.05, 4.69) is 10.3 Å². The van der Waals surface area contributed by atoms with E-state index in [1.54, 1.807) is 18.2 Å². The molecule has 0 saturated carbocycles. The van der Waals surface area contributed by atoms with Gasteiger partial charge in [-0.05, 0) is 29.8 Å². The summed E-state index contributed by atoms with van der Waals surface area (Å²) in [6.45, 7) is 1.69. The molecule has 0 bridgehead atoms. The Labute approximate surface area is 150 Å². The molecule has 0 aliphatic heterocycles. The molecule has 0 aliphatic rings. The summed E-state index contributed by atoms with van der Waals surface area (Å²) in [6.07, 6.45) is 1.51. The lowest BCUT2D eigenvalue weighted by Crippen LogP contribution is -2.42. The molecular weight excluding hydrogens is 332 g/mol. The molecule has 2 heterocycles. The number of aromatic nitrogens is 1. The van der Waals surface area contributed by atoms with Crippen LogP contribution in [0.15, 0.2) is 70.1 Å². The summed E-state index contributed by atoms with van der Waals surface area (Å²) >= 11 is 0. The maximum Gasteiger partial charge on any atom is 0.261 e. The van der Waals surface area contributed by atoms with Crippen molar-refractivity contribution in [1.82, 2.24) is 10.3 Å². The van der Waals surface area contributed by atoms with Crippen LogP contribution < -0.4 is 10.9 Å². The average molecular weight is 352 g/mol. The SMILES string of the molecule is CC(c1ccccc1)C(CO)NC(=O)c1ccc(-c2ccco2)[nH]c1=O. The lowest BCUT2D eigenvalue weighted by molar-refractivity contribution is 0.0906. The third-order valence-corrected chi connectivity index (χ3v) is 4.38. The van der Waals surface area contributed by atoms with Gasteiger partial charge in [-0.15, -0.1) is 0 Å². The van der Waals surface area contributed by atoms with Crippen molar-refractivity contribution >= 4 is 5.91 Å². The molecule has 2 aromatic heterocycles. The van der Waals surface area contributed by atoms with Crippen LogP contribution in [0, 0.1) is 0 Å². The number of carbonyl (C=O) groups excluding carboxylic acids is 1. The van der Waals surface area contributed by atoms with Gasteiger partial charge in [-0.2, -0.15) is 0 Å². The minimum atomic E-state index is -0.529. The number of benzene rings is 1. The average Bonchev–Trinajstić information content (AvgIpc) is 3.20. The Morgan fingerprint density at radius 3 is 2.54 bits per heavy atom. The van der Waals surface area contributed by atoms with E-state index < -0.39 is 17.5 Å². The van der Waals surface area contributed by atoms with Gasteiger partial charge in [-0.1, -0.05) is 37.3 Å². The van der Waals surface area contributed by atoms with Crippen LogP contribution in [0.4, 0.5) is 0 Å². The lowest BCUT2D eigenvalue weighted by Gasteiger charge is -2.23. The Hall–Kier alpha value is -3.12. The van der Waals surface area contributed by atoms with E-state index >= 15 is 0 Å². The van der Waals surface area contributed by atoms with Crippen molar-refractivity contribution in [3.05, 3.63) is 82.3 Å². The standard InChI is InChI=1S/C20H20N2O4/c1-13(14-6-3-2-4-7-14)17(12-23)22-20(25)15-9-10-16(21-19(15)24)18-8-5-11-26-18/h2-11,13,17,23H,12H2,1H3,(H,21,24)(H,22,25). The van der Waals surface area contributed by atoms with Gasteiger partial charge in [0.1, 0.15) is 11.3 Å². The first-order chi connectivity index (χ1) is 12.6. The molecular formula is C20H20N2O4. The molecule has 26 heavy (non-hydrogen) atoms. The first-order valence-electron chi connectivity index (χ1n) is 8.34. The predicted molar refractivity (Wildman–Crippen MR) is 98.0 cm³/mol. The second kappa shape index (κ2) is 7.84. The monoisotopic (exact) mass is 352 g/mol. The molecule has 6 nitrogen and oxygen atoms in total. The zero-order chi connectivity index (χ0) is 18.5. The summed E-state index contributed by atoms with van der Waals surface area (Å²) in [7, 11) is 0. The molecule has 6 heteroatoms. The number of pyridine rings is 1. The van der Waals surface area contributed by atoms with E-state index in [4.69, 9.17) is 4.42 Å². The van der Waals surface area contributed by atoms with Gasteiger partial charge in [0.2, 0.25) is 0 Å². The van der Waals surface area contributed by atoms with E-state index in [9.17, 15) is 14.7 Å². The number of carbonyl (C=O) groups is 1. The number of hydrogen-bond acceptors (Lipinski definition) is 4. The van der Waals surface area contributed by atoms with Crippen LogP contribution in [0.1, 0.15) is 28.8 Å². The highest BCUT2D eigenvalue weighted by Crippen LogP contribution is 2.19. The largest absolute Gasteiger partial charge is 0.463 e. The van der Waals surface area contributed by atoms with Gasteiger partial charge in [0, 0.05) is 5.92 Å². The fraction of sp³-hybridized carbons (Fsp3) is 0.200. The highest BCUT2D eigenvalue weighted by Gasteiger charge is 2.22. The van der Waals surface area contributed by atoms with Gasteiger partial charge < -0.3 is 19.8 Å². The van der Waals surface area contributed by atoms with Gasteiger partial charge in [0.15, 0.2) is 0 Å². The van der Waals surface area contributed by atoms with Crippen molar-refractivity contribution < 1.29 is 14.3 Å². The van der Waals surface area contributed by atoms with Crippen molar-refractivity contribution in [3.63, 3.8) is 0 Å². The summed E-state index contributed by atoms with van der Waals surface area (Å²) in [5, 5.41) is 12.4. The molecule has 0 spiro atoms. The summed E-state index contributed by atoms with van der Waals surface area (Å²) < 4.78 is 5.23. The lowest BCUT2D eigenvalue weighted by atomic mass is 9.93. The van der Waals surface area contributed by atoms with Crippen LogP contribution in [0.5, 0.6) is 0 Å². The number of H-pyrrole nitrogens is 1. The number of amides is 1. The van der Waals surface area contributed by atoms with Crippen LogP contribution in [0.25, 0.3) is 11.5 Å². The zero-order valence-electron chi connectivity index (χ0n) is 14.3. The molecule has 0 radical (unpaired) electrons. The summed E-state index contributed by atoms with van der Waals surface area (Å²) in [5.74, 6) is -0.120. The predicted octanol–water partition coefficient (Wildman–Crippen LogP) is 2.53. The molecule has 3 aromatic rings. The topological polar surface area (TPSA) is 95.3 Å². The van der Waals surface area contributed by atoms with Crippen LogP contribution in [0.3, 0.4) is 0 Å². The van der Waals surface area contributed by atoms with E-state index in [0.29, 0.717) is 11.5 Å². The van der Waals surface area contributed by atoms with Gasteiger partial charge in [0.25, 0.3) is 11.5 Å². The first kappa shape index (κ1) is 17.7. The van der Waals surface area contributed by atoms with Crippen LogP contribution in [-0.4, -0.2) is 28.6 Å². The van der Waals surface area contributed by atoms with Crippen LogP contribution in [-0.2, 0) is 0 Å². The zero-order valence-corrected chi connectivity index (χ0v) is 14.3. The molecule has 3 N–H and O–H groups in total. The molecule has 134 valence electrons. The molecule has 1 amide bonds. The first-order valence-corrected chi connectivity index (χ1v) is 8.34. The van der Waals surface area contributed by atoms with Crippen LogP contribution >= 0.6 is 0 Å². The van der Waals surface area contributed by atoms with E-state index in [1.165, 1.54) is 12.3 Å². The van der Waals surface area contributed by atoms with Gasteiger partial charge in [-0.25, -0.2) is 0 Å². The Morgan fingerprint density at radius 1 is 1.15 bits per heavy atom. The highest BCUT2D eigenvalue weighted by molar-refractivity contribution is 5.94.